The van der Waals surface area contributed by atoms with Crippen molar-refractivity contribution in [2.75, 3.05) is 27.7 Å². The first-order valence-corrected chi connectivity index (χ1v) is 8.30. The van der Waals surface area contributed by atoms with E-state index in [1.54, 1.807) is 19.6 Å². The van der Waals surface area contributed by atoms with Gasteiger partial charge in [-0.05, 0) is 38.7 Å². The van der Waals surface area contributed by atoms with Crippen LogP contribution in [0, 0.1) is 0 Å². The largest absolute Gasteiger partial charge is 0.497 e. The van der Waals surface area contributed by atoms with E-state index in [1.807, 2.05) is 56.0 Å². The molecule has 0 unspecified atom stereocenters. The number of aromatic nitrogens is 2. The van der Waals surface area contributed by atoms with Gasteiger partial charge in [0.1, 0.15) is 5.75 Å². The molecule has 2 atom stereocenters. The zero-order valence-electron chi connectivity index (χ0n) is 15.3. The molecule has 0 radical (unpaired) electrons. The van der Waals surface area contributed by atoms with Crippen molar-refractivity contribution < 1.29 is 9.53 Å². The van der Waals surface area contributed by atoms with Gasteiger partial charge in [-0.25, -0.2) is 9.78 Å². The quantitative estimate of drug-likeness (QED) is 0.766. The highest BCUT2D eigenvalue weighted by molar-refractivity contribution is 5.74. The number of benzene rings is 1. The Morgan fingerprint density at radius 3 is 2.60 bits per heavy atom. The summed E-state index contributed by atoms with van der Waals surface area (Å²) in [7, 11) is 5.64. The summed E-state index contributed by atoms with van der Waals surface area (Å²) in [5.41, 5.74) is 1.12. The maximum Gasteiger partial charge on any atom is 0.315 e. The van der Waals surface area contributed by atoms with Gasteiger partial charge in [-0.3, -0.25) is 0 Å². The Bertz CT molecular complexity index is 640. The normalized spacial score (nSPS) is 13.3. The van der Waals surface area contributed by atoms with E-state index in [0.29, 0.717) is 13.1 Å². The van der Waals surface area contributed by atoms with Crippen LogP contribution >= 0.6 is 0 Å². The first kappa shape index (κ1) is 18.8. The van der Waals surface area contributed by atoms with Gasteiger partial charge in [-0.1, -0.05) is 12.1 Å². The first-order chi connectivity index (χ1) is 12.0. The van der Waals surface area contributed by atoms with Crippen LogP contribution in [0.25, 0.3) is 0 Å². The third-order valence-electron chi connectivity index (χ3n) is 4.00. The lowest BCUT2D eigenvalue weighted by molar-refractivity contribution is 0.228. The van der Waals surface area contributed by atoms with Crippen molar-refractivity contribution >= 4 is 6.03 Å². The molecule has 2 amide bonds. The predicted molar refractivity (Wildman–Crippen MR) is 97.6 cm³/mol. The lowest BCUT2D eigenvalue weighted by Crippen LogP contribution is -2.45. The molecule has 2 N–H and O–H groups in total. The van der Waals surface area contributed by atoms with Crippen molar-refractivity contribution in [3.8, 4) is 5.75 Å². The molecule has 0 spiro atoms. The smallest absolute Gasteiger partial charge is 0.315 e. The maximum atomic E-state index is 12.2. The maximum absolute atomic E-state index is 12.2. The number of ether oxygens (including phenoxy) is 1. The SMILES string of the molecule is COc1ccc([C@@H](CNC(=O)N[C@@H](C)Cn2ccnc2)N(C)C)cc1. The van der Waals surface area contributed by atoms with Gasteiger partial charge < -0.3 is 24.8 Å². The van der Waals surface area contributed by atoms with Gasteiger partial charge in [0.05, 0.1) is 19.5 Å². The van der Waals surface area contributed by atoms with Crippen molar-refractivity contribution in [3.63, 3.8) is 0 Å². The van der Waals surface area contributed by atoms with Gasteiger partial charge in [0, 0.05) is 31.5 Å². The van der Waals surface area contributed by atoms with Gasteiger partial charge in [-0.2, -0.15) is 0 Å². The molecule has 136 valence electrons. The van der Waals surface area contributed by atoms with Crippen LogP contribution in [0.5, 0.6) is 5.75 Å². The summed E-state index contributed by atoms with van der Waals surface area (Å²) in [6.45, 7) is 3.17. The average molecular weight is 345 g/mol. The van der Waals surface area contributed by atoms with Crippen molar-refractivity contribution in [1.82, 2.24) is 25.1 Å². The molecule has 0 aliphatic heterocycles. The molecular formula is C18H27N5O2. The first-order valence-electron chi connectivity index (χ1n) is 8.30. The molecule has 0 fully saturated rings. The van der Waals surface area contributed by atoms with Crippen molar-refractivity contribution in [2.24, 2.45) is 0 Å². The van der Waals surface area contributed by atoms with Crippen molar-refractivity contribution in [1.29, 1.82) is 0 Å². The minimum Gasteiger partial charge on any atom is -0.497 e. The fourth-order valence-electron chi connectivity index (χ4n) is 2.65. The molecule has 0 saturated carbocycles. The Kier molecular flexibility index (Phi) is 6.82. The van der Waals surface area contributed by atoms with Crippen LogP contribution in [0.15, 0.2) is 43.0 Å². The number of nitrogens with one attached hydrogen (secondary N) is 2. The van der Waals surface area contributed by atoms with E-state index in [0.717, 1.165) is 11.3 Å². The van der Waals surface area contributed by atoms with Gasteiger partial charge >= 0.3 is 6.03 Å². The Hall–Kier alpha value is -2.54. The average Bonchev–Trinajstić information content (AvgIpc) is 3.08. The monoisotopic (exact) mass is 345 g/mol. The second-order valence-electron chi connectivity index (χ2n) is 6.27. The molecule has 2 aromatic rings. The Labute approximate surface area is 149 Å². The van der Waals surface area contributed by atoms with Crippen LogP contribution in [0.1, 0.15) is 18.5 Å². The van der Waals surface area contributed by atoms with Gasteiger partial charge in [0.2, 0.25) is 0 Å². The van der Waals surface area contributed by atoms with Crippen LogP contribution < -0.4 is 15.4 Å². The standard InChI is InChI=1S/C18H27N5O2/c1-14(12-23-10-9-19-13-23)21-18(24)20-11-17(22(2)3)15-5-7-16(25-4)8-6-15/h5-10,13-14,17H,11-12H2,1-4H3,(H2,20,21,24)/t14-,17+/m0/s1. The number of amides is 2. The summed E-state index contributed by atoms with van der Waals surface area (Å²) in [4.78, 5) is 18.2. The second kappa shape index (κ2) is 9.08. The summed E-state index contributed by atoms with van der Waals surface area (Å²) in [5, 5.41) is 5.90. The van der Waals surface area contributed by atoms with Crippen LogP contribution in [0.4, 0.5) is 4.79 Å². The number of urea groups is 1. The molecule has 25 heavy (non-hydrogen) atoms. The molecular weight excluding hydrogens is 318 g/mol. The fraction of sp³-hybridized carbons (Fsp3) is 0.444. The molecule has 2 rings (SSSR count). The minimum atomic E-state index is -0.173. The van der Waals surface area contributed by atoms with Crippen LogP contribution in [-0.2, 0) is 6.54 Å². The van der Waals surface area contributed by atoms with E-state index in [9.17, 15) is 4.79 Å². The van der Waals surface area contributed by atoms with Crippen LogP contribution in [0.3, 0.4) is 0 Å². The molecule has 1 aromatic carbocycles. The number of hydrogen-bond donors (Lipinski definition) is 2. The fourth-order valence-corrected chi connectivity index (χ4v) is 2.65. The molecule has 0 aliphatic rings. The molecule has 0 aliphatic carbocycles. The number of hydrogen-bond acceptors (Lipinski definition) is 4. The van der Waals surface area contributed by atoms with Crippen molar-refractivity contribution in [3.05, 3.63) is 48.5 Å². The number of methoxy groups -OCH3 is 1. The molecule has 7 heteroatoms. The zero-order chi connectivity index (χ0) is 18.2. The van der Waals surface area contributed by atoms with Gasteiger partial charge in [-0.15, -0.1) is 0 Å². The topological polar surface area (TPSA) is 71.4 Å². The summed E-state index contributed by atoms with van der Waals surface area (Å²) in [6.07, 6.45) is 5.34. The number of nitrogens with zero attached hydrogens (tertiary/aromatic N) is 3. The second-order valence-corrected chi connectivity index (χ2v) is 6.27. The summed E-state index contributed by atoms with van der Waals surface area (Å²) in [6, 6.07) is 7.81. The highest BCUT2D eigenvalue weighted by Crippen LogP contribution is 2.20. The van der Waals surface area contributed by atoms with E-state index < -0.39 is 0 Å². The zero-order valence-corrected chi connectivity index (χ0v) is 15.3. The van der Waals surface area contributed by atoms with Gasteiger partial charge in [0.15, 0.2) is 0 Å². The minimum absolute atomic E-state index is 0.00740. The predicted octanol–water partition coefficient (Wildman–Crippen LogP) is 1.88. The highest BCUT2D eigenvalue weighted by atomic mass is 16.5. The van der Waals surface area contributed by atoms with E-state index in [4.69, 9.17) is 4.74 Å². The van der Waals surface area contributed by atoms with E-state index in [-0.39, 0.29) is 18.1 Å². The summed E-state index contributed by atoms with van der Waals surface area (Å²) >= 11 is 0. The Balaban J connectivity index is 1.86. The third-order valence-corrected chi connectivity index (χ3v) is 4.00. The number of carbonyl (C=O) groups is 1. The third kappa shape index (κ3) is 5.79. The number of imidazole rings is 1. The van der Waals surface area contributed by atoms with E-state index >= 15 is 0 Å². The van der Waals surface area contributed by atoms with Crippen LogP contribution in [0.2, 0.25) is 0 Å². The van der Waals surface area contributed by atoms with E-state index in [1.165, 1.54) is 0 Å². The lowest BCUT2D eigenvalue weighted by Gasteiger charge is -2.26. The highest BCUT2D eigenvalue weighted by Gasteiger charge is 2.16. The number of likely N-dealkylation sites (N-methyl/N-ethyl adjacent to an activating group) is 1. The molecule has 7 nitrogen and oxygen atoms in total. The number of carbonyl (C=O) groups excluding carboxylic acids is 1. The molecule has 0 bridgehead atoms. The summed E-state index contributed by atoms with van der Waals surface area (Å²) < 4.78 is 7.13. The van der Waals surface area contributed by atoms with Crippen molar-refractivity contribution in [2.45, 2.75) is 25.6 Å². The summed E-state index contributed by atoms with van der Waals surface area (Å²) in [5.74, 6) is 0.820. The van der Waals surface area contributed by atoms with Crippen LogP contribution in [-0.4, -0.2) is 54.3 Å². The molecule has 1 aromatic heterocycles. The Morgan fingerprint density at radius 1 is 1.32 bits per heavy atom. The lowest BCUT2D eigenvalue weighted by atomic mass is 10.1. The Morgan fingerprint density at radius 2 is 2.04 bits per heavy atom. The number of rotatable bonds is 8. The van der Waals surface area contributed by atoms with E-state index in [2.05, 4.69) is 20.5 Å². The molecule has 0 saturated heterocycles. The molecule has 1 heterocycles. The van der Waals surface area contributed by atoms with Gasteiger partial charge in [0.25, 0.3) is 0 Å².